The summed E-state index contributed by atoms with van der Waals surface area (Å²) in [6, 6.07) is 0.487. The summed E-state index contributed by atoms with van der Waals surface area (Å²) in [5, 5.41) is 11.2. The van der Waals surface area contributed by atoms with Crippen molar-refractivity contribution in [1.82, 2.24) is 5.32 Å². The van der Waals surface area contributed by atoms with Crippen LogP contribution in [0.3, 0.4) is 0 Å². The van der Waals surface area contributed by atoms with Crippen LogP contribution in [-0.2, 0) is 4.79 Å². The molecule has 0 aromatic rings. The molecule has 3 heteroatoms. The standard InChI is InChI=1S/C7H13NO2/c1-2-5-3-6(5)8-4-7(9)10/h5-6,8H,2-4H2,1H3,(H,9,10). The largest absolute Gasteiger partial charge is 0.480 e. The predicted molar refractivity (Wildman–Crippen MR) is 37.8 cm³/mol. The Morgan fingerprint density at radius 1 is 1.80 bits per heavy atom. The van der Waals surface area contributed by atoms with Crippen LogP contribution in [0.1, 0.15) is 19.8 Å². The molecule has 0 radical (unpaired) electrons. The van der Waals surface area contributed by atoms with E-state index in [1.54, 1.807) is 0 Å². The Bertz CT molecular complexity index is 136. The van der Waals surface area contributed by atoms with Crippen LogP contribution < -0.4 is 5.32 Å². The molecule has 2 unspecified atom stereocenters. The lowest BCUT2D eigenvalue weighted by Crippen LogP contribution is -2.25. The Labute approximate surface area is 60.4 Å². The van der Waals surface area contributed by atoms with Crippen LogP contribution in [0, 0.1) is 5.92 Å². The number of carboxylic acid groups (broad SMARTS) is 1. The number of rotatable bonds is 4. The van der Waals surface area contributed by atoms with Crippen molar-refractivity contribution in [2.45, 2.75) is 25.8 Å². The molecule has 1 aliphatic rings. The van der Waals surface area contributed by atoms with Gasteiger partial charge >= 0.3 is 5.97 Å². The molecule has 3 nitrogen and oxygen atoms in total. The molecule has 0 aliphatic heterocycles. The van der Waals surface area contributed by atoms with E-state index in [4.69, 9.17) is 5.11 Å². The number of carboxylic acids is 1. The zero-order valence-electron chi connectivity index (χ0n) is 6.13. The first-order valence-electron chi connectivity index (χ1n) is 3.69. The van der Waals surface area contributed by atoms with Crippen LogP contribution in [0.25, 0.3) is 0 Å². The summed E-state index contributed by atoms with van der Waals surface area (Å²) in [5.41, 5.74) is 0. The highest BCUT2D eigenvalue weighted by molar-refractivity contribution is 5.69. The van der Waals surface area contributed by atoms with Gasteiger partial charge in [-0.3, -0.25) is 4.79 Å². The molecule has 0 amide bonds. The third-order valence-corrected chi connectivity index (χ3v) is 1.96. The van der Waals surface area contributed by atoms with E-state index in [2.05, 4.69) is 12.2 Å². The highest BCUT2D eigenvalue weighted by atomic mass is 16.4. The predicted octanol–water partition coefficient (Wildman–Crippen LogP) is 0.459. The minimum atomic E-state index is -0.762. The number of hydrogen-bond donors (Lipinski definition) is 2. The van der Waals surface area contributed by atoms with Gasteiger partial charge in [-0.15, -0.1) is 0 Å². The average molecular weight is 143 g/mol. The molecule has 0 bridgehead atoms. The fourth-order valence-corrected chi connectivity index (χ4v) is 1.17. The Morgan fingerprint density at radius 3 is 2.90 bits per heavy atom. The van der Waals surface area contributed by atoms with Gasteiger partial charge in [-0.1, -0.05) is 13.3 Å². The van der Waals surface area contributed by atoms with Gasteiger partial charge in [-0.2, -0.15) is 0 Å². The SMILES string of the molecule is CCC1CC1NCC(=O)O. The van der Waals surface area contributed by atoms with Crippen LogP contribution >= 0.6 is 0 Å². The number of nitrogens with one attached hydrogen (secondary N) is 1. The van der Waals surface area contributed by atoms with E-state index < -0.39 is 5.97 Å². The first-order chi connectivity index (χ1) is 4.74. The fourth-order valence-electron chi connectivity index (χ4n) is 1.17. The molecule has 0 aromatic heterocycles. The summed E-state index contributed by atoms with van der Waals surface area (Å²) in [7, 11) is 0. The molecule has 0 saturated heterocycles. The number of hydrogen-bond acceptors (Lipinski definition) is 2. The topological polar surface area (TPSA) is 49.3 Å². The summed E-state index contributed by atoms with van der Waals surface area (Å²) in [6.07, 6.45) is 2.32. The van der Waals surface area contributed by atoms with E-state index in [1.165, 1.54) is 0 Å². The van der Waals surface area contributed by atoms with E-state index >= 15 is 0 Å². The van der Waals surface area contributed by atoms with Crippen molar-refractivity contribution in [1.29, 1.82) is 0 Å². The molecule has 58 valence electrons. The van der Waals surface area contributed by atoms with Crippen molar-refractivity contribution in [3.63, 3.8) is 0 Å². The Hall–Kier alpha value is -0.570. The maximum atomic E-state index is 10.1. The minimum Gasteiger partial charge on any atom is -0.480 e. The Balaban J connectivity index is 2.01. The van der Waals surface area contributed by atoms with Crippen molar-refractivity contribution in [3.8, 4) is 0 Å². The first-order valence-corrected chi connectivity index (χ1v) is 3.69. The highest BCUT2D eigenvalue weighted by Gasteiger charge is 2.34. The van der Waals surface area contributed by atoms with E-state index in [0.29, 0.717) is 6.04 Å². The average Bonchev–Trinajstić information content (AvgIpc) is 2.61. The molecular weight excluding hydrogens is 130 g/mol. The van der Waals surface area contributed by atoms with Crippen molar-refractivity contribution in [2.75, 3.05) is 6.54 Å². The van der Waals surface area contributed by atoms with Crippen molar-refractivity contribution < 1.29 is 9.90 Å². The maximum Gasteiger partial charge on any atom is 0.317 e. The Kier molecular flexibility index (Phi) is 2.27. The van der Waals surface area contributed by atoms with E-state index in [9.17, 15) is 4.79 Å². The second-order valence-electron chi connectivity index (χ2n) is 2.79. The molecule has 1 aliphatic carbocycles. The lowest BCUT2D eigenvalue weighted by Gasteiger charge is -1.96. The lowest BCUT2D eigenvalue weighted by atomic mass is 10.3. The van der Waals surface area contributed by atoms with Gasteiger partial charge in [-0.25, -0.2) is 0 Å². The van der Waals surface area contributed by atoms with Crippen molar-refractivity contribution >= 4 is 5.97 Å². The number of carbonyl (C=O) groups is 1. The zero-order chi connectivity index (χ0) is 7.56. The van der Waals surface area contributed by atoms with Gasteiger partial charge in [0.2, 0.25) is 0 Å². The molecule has 0 heterocycles. The lowest BCUT2D eigenvalue weighted by molar-refractivity contribution is -0.136. The van der Waals surface area contributed by atoms with Gasteiger partial charge in [-0.05, 0) is 12.3 Å². The molecule has 1 saturated carbocycles. The van der Waals surface area contributed by atoms with Crippen molar-refractivity contribution in [2.24, 2.45) is 5.92 Å². The summed E-state index contributed by atoms with van der Waals surface area (Å²) in [5.74, 6) is -0.0268. The van der Waals surface area contributed by atoms with Crippen molar-refractivity contribution in [3.05, 3.63) is 0 Å². The van der Waals surface area contributed by atoms with Gasteiger partial charge in [0.25, 0.3) is 0 Å². The molecule has 10 heavy (non-hydrogen) atoms. The van der Waals surface area contributed by atoms with Crippen LogP contribution in [0.15, 0.2) is 0 Å². The minimum absolute atomic E-state index is 0.112. The summed E-state index contributed by atoms with van der Waals surface area (Å²) in [6.45, 7) is 2.24. The quantitative estimate of drug-likeness (QED) is 0.601. The summed E-state index contributed by atoms with van der Waals surface area (Å²) >= 11 is 0. The monoisotopic (exact) mass is 143 g/mol. The third-order valence-electron chi connectivity index (χ3n) is 1.96. The maximum absolute atomic E-state index is 10.1. The molecule has 2 atom stereocenters. The van der Waals surface area contributed by atoms with Crippen LogP contribution in [0.2, 0.25) is 0 Å². The molecule has 2 N–H and O–H groups in total. The van der Waals surface area contributed by atoms with Crippen LogP contribution in [0.5, 0.6) is 0 Å². The van der Waals surface area contributed by atoms with Crippen LogP contribution in [0.4, 0.5) is 0 Å². The normalized spacial score (nSPS) is 30.1. The van der Waals surface area contributed by atoms with Gasteiger partial charge in [0, 0.05) is 6.04 Å². The Morgan fingerprint density at radius 2 is 2.50 bits per heavy atom. The second-order valence-corrected chi connectivity index (χ2v) is 2.79. The van der Waals surface area contributed by atoms with E-state index in [-0.39, 0.29) is 6.54 Å². The first kappa shape index (κ1) is 7.54. The zero-order valence-corrected chi connectivity index (χ0v) is 6.13. The smallest absolute Gasteiger partial charge is 0.317 e. The fraction of sp³-hybridized carbons (Fsp3) is 0.857. The summed E-state index contributed by atoms with van der Waals surface area (Å²) in [4.78, 5) is 10.1. The van der Waals surface area contributed by atoms with Gasteiger partial charge < -0.3 is 10.4 Å². The highest BCUT2D eigenvalue weighted by Crippen LogP contribution is 2.32. The van der Waals surface area contributed by atoms with Gasteiger partial charge in [0.15, 0.2) is 0 Å². The van der Waals surface area contributed by atoms with E-state index in [0.717, 1.165) is 18.8 Å². The molecule has 1 fully saturated rings. The molecular formula is C7H13NO2. The molecule has 0 spiro atoms. The number of aliphatic carboxylic acids is 1. The molecule has 1 rings (SSSR count). The molecule has 0 aromatic carbocycles. The van der Waals surface area contributed by atoms with Crippen LogP contribution in [-0.4, -0.2) is 23.7 Å². The summed E-state index contributed by atoms with van der Waals surface area (Å²) < 4.78 is 0. The van der Waals surface area contributed by atoms with E-state index in [1.807, 2.05) is 0 Å². The third kappa shape index (κ3) is 1.99. The van der Waals surface area contributed by atoms with Gasteiger partial charge in [0.1, 0.15) is 0 Å². The van der Waals surface area contributed by atoms with Gasteiger partial charge in [0.05, 0.1) is 6.54 Å². The second kappa shape index (κ2) is 3.01.